The molecule has 0 aliphatic carbocycles. The molecule has 0 bridgehead atoms. The highest BCUT2D eigenvalue weighted by Gasteiger charge is 2.19. The van der Waals surface area contributed by atoms with Gasteiger partial charge in [0.1, 0.15) is 29.6 Å². The second-order valence-electron chi connectivity index (χ2n) is 8.00. The molecule has 3 aromatic heterocycles. The number of pyridine rings is 1. The monoisotopic (exact) mass is 556 g/mol. The van der Waals surface area contributed by atoms with Gasteiger partial charge in [0.25, 0.3) is 0 Å². The summed E-state index contributed by atoms with van der Waals surface area (Å²) < 4.78 is 28.3. The van der Waals surface area contributed by atoms with E-state index in [1.807, 2.05) is 18.7 Å². The van der Waals surface area contributed by atoms with Gasteiger partial charge < -0.3 is 9.47 Å². The molecule has 0 aliphatic heterocycles. The Morgan fingerprint density at radius 3 is 2.77 bits per heavy atom. The molecule has 6 nitrogen and oxygen atoms in total. The van der Waals surface area contributed by atoms with Gasteiger partial charge in [-0.05, 0) is 59.6 Å². The molecule has 4 rings (SSSR count). The summed E-state index contributed by atoms with van der Waals surface area (Å²) >= 11 is 5.06. The van der Waals surface area contributed by atoms with Crippen LogP contribution in [-0.4, -0.2) is 26.9 Å². The van der Waals surface area contributed by atoms with Gasteiger partial charge in [0, 0.05) is 45.8 Å². The first kappa shape index (κ1) is 25.1. The van der Waals surface area contributed by atoms with Crippen LogP contribution >= 0.6 is 27.3 Å². The Morgan fingerprint density at radius 1 is 1.26 bits per heavy atom. The number of halogens is 2. The zero-order chi connectivity index (χ0) is 25.1. The smallest absolute Gasteiger partial charge is 0.150 e. The lowest BCUT2D eigenvalue weighted by molar-refractivity contribution is 0.298. The molecule has 0 amide bonds. The molecule has 1 aromatic carbocycles. The third kappa shape index (κ3) is 5.62. The van der Waals surface area contributed by atoms with Crippen molar-refractivity contribution in [2.45, 2.75) is 33.3 Å². The van der Waals surface area contributed by atoms with Crippen LogP contribution in [0.1, 0.15) is 39.5 Å². The SMILES string of the molecule is C=C(OC)c1ncc(Br)cc1OCc1cc(F)ccc1-c1nc(C)sc1Cc1cc(CC)nn1C. The van der Waals surface area contributed by atoms with Crippen molar-refractivity contribution in [2.24, 2.45) is 7.05 Å². The van der Waals surface area contributed by atoms with E-state index in [-0.39, 0.29) is 12.4 Å². The molecule has 35 heavy (non-hydrogen) atoms. The summed E-state index contributed by atoms with van der Waals surface area (Å²) in [7, 11) is 3.48. The summed E-state index contributed by atoms with van der Waals surface area (Å²) in [6.45, 7) is 8.07. The van der Waals surface area contributed by atoms with Gasteiger partial charge in [-0.1, -0.05) is 13.5 Å². The van der Waals surface area contributed by atoms with Crippen molar-refractivity contribution in [3.63, 3.8) is 0 Å². The van der Waals surface area contributed by atoms with Crippen LogP contribution < -0.4 is 4.74 Å². The molecule has 182 valence electrons. The van der Waals surface area contributed by atoms with Crippen molar-refractivity contribution < 1.29 is 13.9 Å². The van der Waals surface area contributed by atoms with Gasteiger partial charge in [0.15, 0.2) is 0 Å². The molecule has 3 heterocycles. The van der Waals surface area contributed by atoms with Crippen LogP contribution in [0.2, 0.25) is 0 Å². The van der Waals surface area contributed by atoms with Crippen molar-refractivity contribution >= 4 is 33.0 Å². The van der Waals surface area contributed by atoms with Gasteiger partial charge in [-0.3, -0.25) is 4.68 Å². The number of rotatable bonds is 9. The van der Waals surface area contributed by atoms with Crippen LogP contribution in [-0.2, 0) is 31.2 Å². The zero-order valence-electron chi connectivity index (χ0n) is 20.1. The summed E-state index contributed by atoms with van der Waals surface area (Å²) in [5, 5.41) is 5.51. The van der Waals surface area contributed by atoms with Gasteiger partial charge in [-0.25, -0.2) is 14.4 Å². The predicted octanol–water partition coefficient (Wildman–Crippen LogP) is 6.50. The minimum absolute atomic E-state index is 0.122. The third-order valence-electron chi connectivity index (χ3n) is 5.57. The average Bonchev–Trinajstić information content (AvgIpc) is 3.38. The Kier molecular flexibility index (Phi) is 7.66. The molecule has 0 saturated heterocycles. The van der Waals surface area contributed by atoms with E-state index in [9.17, 15) is 4.39 Å². The molecule has 0 spiro atoms. The van der Waals surface area contributed by atoms with Crippen molar-refractivity contribution in [3.8, 4) is 17.0 Å². The predicted molar refractivity (Wildman–Crippen MR) is 140 cm³/mol. The van der Waals surface area contributed by atoms with E-state index in [1.165, 1.54) is 19.2 Å². The molecular weight excluding hydrogens is 531 g/mol. The summed E-state index contributed by atoms with van der Waals surface area (Å²) in [4.78, 5) is 10.3. The molecule has 4 aromatic rings. The van der Waals surface area contributed by atoms with Crippen molar-refractivity contribution in [2.75, 3.05) is 7.11 Å². The van der Waals surface area contributed by atoms with Crippen LogP contribution in [0.5, 0.6) is 5.75 Å². The third-order valence-corrected chi connectivity index (χ3v) is 6.98. The highest BCUT2D eigenvalue weighted by atomic mass is 79.9. The molecule has 0 radical (unpaired) electrons. The Morgan fingerprint density at radius 2 is 2.06 bits per heavy atom. The Balaban J connectivity index is 1.69. The topological polar surface area (TPSA) is 62.1 Å². The van der Waals surface area contributed by atoms with Gasteiger partial charge in [0.05, 0.1) is 23.5 Å². The van der Waals surface area contributed by atoms with E-state index in [0.717, 1.165) is 43.4 Å². The quantitative estimate of drug-likeness (QED) is 0.220. The molecular formula is C26H26BrFN4O2S. The molecule has 0 saturated carbocycles. The minimum atomic E-state index is -0.339. The van der Waals surface area contributed by atoms with E-state index in [4.69, 9.17) is 14.5 Å². The summed E-state index contributed by atoms with van der Waals surface area (Å²) in [5.41, 5.74) is 5.00. The van der Waals surface area contributed by atoms with Gasteiger partial charge in [-0.2, -0.15) is 5.10 Å². The lowest BCUT2D eigenvalue weighted by atomic mass is 10.0. The molecule has 0 aliphatic rings. The standard InChI is InChI=1S/C26H26BrFN4O2S/c1-6-20-11-21(32(4)31-20)12-24-26(30-16(3)35-24)22-8-7-19(28)9-17(22)14-34-23-10-18(27)13-29-25(23)15(2)33-5/h7-11,13H,2,6,12,14H2,1,3-5H3. The summed E-state index contributed by atoms with van der Waals surface area (Å²) in [5.74, 6) is 0.527. The highest BCUT2D eigenvalue weighted by molar-refractivity contribution is 9.10. The van der Waals surface area contributed by atoms with E-state index in [1.54, 1.807) is 29.7 Å². The number of hydrogen-bond acceptors (Lipinski definition) is 6. The fourth-order valence-corrected chi connectivity index (χ4v) is 5.05. The fraction of sp³-hybridized carbons (Fsp3) is 0.269. The molecule has 0 N–H and O–H groups in total. The van der Waals surface area contributed by atoms with E-state index < -0.39 is 0 Å². The van der Waals surface area contributed by atoms with Crippen LogP contribution in [0.25, 0.3) is 17.0 Å². The number of thiazole rings is 1. The minimum Gasteiger partial charge on any atom is -0.495 e. The maximum Gasteiger partial charge on any atom is 0.150 e. The number of methoxy groups -OCH3 is 1. The first-order valence-electron chi connectivity index (χ1n) is 11.1. The highest BCUT2D eigenvalue weighted by Crippen LogP contribution is 2.34. The van der Waals surface area contributed by atoms with Gasteiger partial charge in [-0.15, -0.1) is 11.3 Å². The lowest BCUT2D eigenvalue weighted by Crippen LogP contribution is -2.04. The van der Waals surface area contributed by atoms with E-state index >= 15 is 0 Å². The number of nitrogens with zero attached hydrogens (tertiary/aromatic N) is 4. The number of benzene rings is 1. The molecule has 0 unspecified atom stereocenters. The maximum absolute atomic E-state index is 14.3. The lowest BCUT2D eigenvalue weighted by Gasteiger charge is -2.14. The number of aromatic nitrogens is 4. The molecule has 0 fully saturated rings. The second kappa shape index (κ2) is 10.7. The van der Waals surface area contributed by atoms with Crippen LogP contribution in [0.4, 0.5) is 4.39 Å². The van der Waals surface area contributed by atoms with Crippen LogP contribution in [0.3, 0.4) is 0 Å². The summed E-state index contributed by atoms with van der Waals surface area (Å²) in [6.07, 6.45) is 3.21. The normalized spacial score (nSPS) is 11.0. The van der Waals surface area contributed by atoms with Gasteiger partial charge in [0.2, 0.25) is 0 Å². The van der Waals surface area contributed by atoms with Crippen molar-refractivity contribution in [3.05, 3.63) is 85.9 Å². The fourth-order valence-electron chi connectivity index (χ4n) is 3.78. The average molecular weight is 557 g/mol. The number of hydrogen-bond donors (Lipinski definition) is 0. The maximum atomic E-state index is 14.3. The largest absolute Gasteiger partial charge is 0.495 e. The van der Waals surface area contributed by atoms with Crippen LogP contribution in [0, 0.1) is 12.7 Å². The van der Waals surface area contributed by atoms with Gasteiger partial charge >= 0.3 is 0 Å². The number of aryl methyl sites for hydroxylation is 3. The Bertz CT molecular complexity index is 1380. The first-order chi connectivity index (χ1) is 16.8. The Labute approximate surface area is 216 Å². The van der Waals surface area contributed by atoms with Crippen molar-refractivity contribution in [1.29, 1.82) is 0 Å². The molecule has 0 atom stereocenters. The number of ether oxygens (including phenoxy) is 2. The first-order valence-corrected chi connectivity index (χ1v) is 12.7. The molecule has 9 heteroatoms. The van der Waals surface area contributed by atoms with E-state index in [0.29, 0.717) is 29.2 Å². The Hall–Kier alpha value is -3.04. The zero-order valence-corrected chi connectivity index (χ0v) is 22.5. The summed E-state index contributed by atoms with van der Waals surface area (Å²) in [6, 6.07) is 8.62. The second-order valence-corrected chi connectivity index (χ2v) is 10.2. The van der Waals surface area contributed by atoms with E-state index in [2.05, 4.69) is 45.6 Å². The van der Waals surface area contributed by atoms with Crippen LogP contribution in [0.15, 0.2) is 47.6 Å². The van der Waals surface area contributed by atoms with Crippen molar-refractivity contribution in [1.82, 2.24) is 19.7 Å².